The largest absolute Gasteiger partial charge is 0.322 e. The quantitative estimate of drug-likeness (QED) is 0.819. The van der Waals surface area contributed by atoms with Crippen molar-refractivity contribution in [2.45, 2.75) is 27.2 Å². The van der Waals surface area contributed by atoms with Crippen molar-refractivity contribution in [2.24, 2.45) is 0 Å². The predicted octanol–water partition coefficient (Wildman–Crippen LogP) is 4.52. The van der Waals surface area contributed by atoms with Crippen LogP contribution in [0.2, 0.25) is 0 Å². The molecule has 0 bridgehead atoms. The van der Waals surface area contributed by atoms with Crippen LogP contribution in [0.4, 0.5) is 5.69 Å². The molecule has 0 aromatic heterocycles. The van der Waals surface area contributed by atoms with Crippen LogP contribution in [0.3, 0.4) is 0 Å². The van der Waals surface area contributed by atoms with E-state index in [0.29, 0.717) is 0 Å². The lowest BCUT2D eigenvalue weighted by atomic mass is 10.1. The molecule has 108 valence electrons. The molecule has 1 N–H and O–H groups in total. The number of para-hydroxylation sites is 1. The van der Waals surface area contributed by atoms with Gasteiger partial charge in [-0.1, -0.05) is 55.0 Å². The first-order valence-corrected chi connectivity index (χ1v) is 7.24. The summed E-state index contributed by atoms with van der Waals surface area (Å²) in [4.78, 5) is 12.1. The first kappa shape index (κ1) is 15.0. The van der Waals surface area contributed by atoms with Crippen LogP contribution >= 0.6 is 0 Å². The Balaban J connectivity index is 2.10. The van der Waals surface area contributed by atoms with Crippen LogP contribution in [0.1, 0.15) is 29.2 Å². The van der Waals surface area contributed by atoms with Crippen LogP contribution in [0.25, 0.3) is 6.08 Å². The Labute approximate surface area is 126 Å². The highest BCUT2D eigenvalue weighted by molar-refractivity contribution is 6.02. The highest BCUT2D eigenvalue weighted by Crippen LogP contribution is 2.21. The van der Waals surface area contributed by atoms with Crippen LogP contribution in [0, 0.1) is 13.8 Å². The normalized spacial score (nSPS) is 10.8. The second-order valence-electron chi connectivity index (χ2n) is 5.20. The molecule has 2 aromatic carbocycles. The summed E-state index contributed by atoms with van der Waals surface area (Å²) in [6.07, 6.45) is 4.31. The molecule has 2 aromatic rings. The van der Waals surface area contributed by atoms with Crippen LogP contribution in [0.15, 0.2) is 48.5 Å². The maximum Gasteiger partial charge on any atom is 0.248 e. The molecule has 0 spiro atoms. The third-order valence-electron chi connectivity index (χ3n) is 3.49. The summed E-state index contributed by atoms with van der Waals surface area (Å²) >= 11 is 0. The van der Waals surface area contributed by atoms with E-state index in [2.05, 4.69) is 12.2 Å². The summed E-state index contributed by atoms with van der Waals surface area (Å²) in [6.45, 7) is 6.15. The Hall–Kier alpha value is -2.35. The fourth-order valence-electron chi connectivity index (χ4n) is 2.22. The van der Waals surface area contributed by atoms with Crippen LogP contribution < -0.4 is 5.32 Å². The van der Waals surface area contributed by atoms with Crippen molar-refractivity contribution >= 4 is 17.7 Å². The predicted molar refractivity (Wildman–Crippen MR) is 89.4 cm³/mol. The lowest BCUT2D eigenvalue weighted by molar-refractivity contribution is -0.111. The highest BCUT2D eigenvalue weighted by Gasteiger charge is 2.06. The van der Waals surface area contributed by atoms with E-state index in [-0.39, 0.29) is 5.91 Å². The summed E-state index contributed by atoms with van der Waals surface area (Å²) in [7, 11) is 0. The number of nitrogens with one attached hydrogen (secondary N) is 1. The number of carbonyl (C=O) groups excluding carboxylic acids is 1. The number of rotatable bonds is 4. The summed E-state index contributed by atoms with van der Waals surface area (Å²) in [5.41, 5.74) is 5.41. The van der Waals surface area contributed by atoms with E-state index >= 15 is 0 Å². The van der Waals surface area contributed by atoms with E-state index < -0.39 is 0 Å². The molecule has 21 heavy (non-hydrogen) atoms. The Morgan fingerprint density at radius 3 is 2.48 bits per heavy atom. The maximum absolute atomic E-state index is 12.1. The summed E-state index contributed by atoms with van der Waals surface area (Å²) in [6, 6.07) is 14.2. The standard InChI is InChI=1S/C19H21NO/c1-4-17-7-5-6-15(3)19(17)20-18(21)13-12-16-10-8-14(2)9-11-16/h5-13H,4H2,1-3H3,(H,20,21). The van der Waals surface area contributed by atoms with Gasteiger partial charge in [0.2, 0.25) is 5.91 Å². The lowest BCUT2D eigenvalue weighted by Gasteiger charge is -2.11. The van der Waals surface area contributed by atoms with Gasteiger partial charge in [0.15, 0.2) is 0 Å². The van der Waals surface area contributed by atoms with Crippen molar-refractivity contribution in [1.29, 1.82) is 0 Å². The molecule has 0 aliphatic heterocycles. The van der Waals surface area contributed by atoms with Gasteiger partial charge >= 0.3 is 0 Å². The SMILES string of the molecule is CCc1cccc(C)c1NC(=O)C=Cc1ccc(C)cc1. The number of amides is 1. The number of carbonyl (C=O) groups is 1. The molecule has 2 nitrogen and oxygen atoms in total. The molecule has 0 fully saturated rings. The van der Waals surface area contributed by atoms with E-state index in [1.165, 1.54) is 5.56 Å². The van der Waals surface area contributed by atoms with Crippen molar-refractivity contribution < 1.29 is 4.79 Å². The molecule has 0 saturated carbocycles. The molecule has 2 heteroatoms. The third-order valence-corrected chi connectivity index (χ3v) is 3.49. The van der Waals surface area contributed by atoms with Crippen LogP contribution in [-0.4, -0.2) is 5.91 Å². The average Bonchev–Trinajstić information content (AvgIpc) is 2.49. The van der Waals surface area contributed by atoms with Gasteiger partial charge < -0.3 is 5.32 Å². The molecule has 0 atom stereocenters. The molecular formula is C19H21NO. The van der Waals surface area contributed by atoms with E-state index in [1.54, 1.807) is 6.08 Å². The molecule has 0 radical (unpaired) electrons. The van der Waals surface area contributed by atoms with Gasteiger partial charge in [0.25, 0.3) is 0 Å². The summed E-state index contributed by atoms with van der Waals surface area (Å²) in [5, 5.41) is 2.99. The van der Waals surface area contributed by atoms with Gasteiger partial charge in [-0.15, -0.1) is 0 Å². The second kappa shape index (κ2) is 6.89. The van der Waals surface area contributed by atoms with Crippen molar-refractivity contribution in [3.63, 3.8) is 0 Å². The minimum Gasteiger partial charge on any atom is -0.322 e. The first-order chi connectivity index (χ1) is 10.1. The summed E-state index contributed by atoms with van der Waals surface area (Å²) in [5.74, 6) is -0.0976. The van der Waals surface area contributed by atoms with E-state index in [9.17, 15) is 4.79 Å². The summed E-state index contributed by atoms with van der Waals surface area (Å²) < 4.78 is 0. The van der Waals surface area contributed by atoms with Crippen molar-refractivity contribution in [3.05, 3.63) is 70.8 Å². The fourth-order valence-corrected chi connectivity index (χ4v) is 2.22. The topological polar surface area (TPSA) is 29.1 Å². The molecule has 0 aliphatic carbocycles. The number of hydrogen-bond donors (Lipinski definition) is 1. The van der Waals surface area contributed by atoms with Gasteiger partial charge in [0.05, 0.1) is 0 Å². The van der Waals surface area contributed by atoms with Gasteiger partial charge in [-0.05, 0) is 43.0 Å². The molecule has 0 heterocycles. The highest BCUT2D eigenvalue weighted by atomic mass is 16.1. The van der Waals surface area contributed by atoms with Crippen molar-refractivity contribution in [1.82, 2.24) is 0 Å². The number of benzene rings is 2. The lowest BCUT2D eigenvalue weighted by Crippen LogP contribution is -2.11. The van der Waals surface area contributed by atoms with Gasteiger partial charge in [0.1, 0.15) is 0 Å². The van der Waals surface area contributed by atoms with E-state index in [4.69, 9.17) is 0 Å². The van der Waals surface area contributed by atoms with E-state index in [1.807, 2.05) is 62.4 Å². The van der Waals surface area contributed by atoms with Crippen LogP contribution in [0.5, 0.6) is 0 Å². The number of anilines is 1. The molecule has 0 aliphatic rings. The molecule has 0 unspecified atom stereocenters. The zero-order valence-electron chi connectivity index (χ0n) is 12.8. The van der Waals surface area contributed by atoms with Gasteiger partial charge in [-0.3, -0.25) is 4.79 Å². The maximum atomic E-state index is 12.1. The minimum absolute atomic E-state index is 0.0976. The number of hydrogen-bond acceptors (Lipinski definition) is 1. The van der Waals surface area contributed by atoms with Crippen LogP contribution in [-0.2, 0) is 11.2 Å². The minimum atomic E-state index is -0.0976. The molecule has 2 rings (SSSR count). The number of aryl methyl sites for hydroxylation is 3. The Bertz CT molecular complexity index is 654. The molecule has 0 saturated heterocycles. The third kappa shape index (κ3) is 4.06. The van der Waals surface area contributed by atoms with Gasteiger partial charge in [-0.2, -0.15) is 0 Å². The molecule has 1 amide bonds. The fraction of sp³-hybridized carbons (Fsp3) is 0.211. The zero-order chi connectivity index (χ0) is 15.2. The second-order valence-corrected chi connectivity index (χ2v) is 5.20. The van der Waals surface area contributed by atoms with Crippen molar-refractivity contribution in [3.8, 4) is 0 Å². The zero-order valence-corrected chi connectivity index (χ0v) is 12.8. The smallest absolute Gasteiger partial charge is 0.248 e. The monoisotopic (exact) mass is 279 g/mol. The Morgan fingerprint density at radius 2 is 1.81 bits per heavy atom. The average molecular weight is 279 g/mol. The van der Waals surface area contributed by atoms with Gasteiger partial charge in [0, 0.05) is 11.8 Å². The van der Waals surface area contributed by atoms with Crippen molar-refractivity contribution in [2.75, 3.05) is 5.32 Å². The Morgan fingerprint density at radius 1 is 1.10 bits per heavy atom. The van der Waals surface area contributed by atoms with E-state index in [0.717, 1.165) is 28.8 Å². The first-order valence-electron chi connectivity index (χ1n) is 7.24. The Kier molecular flexibility index (Phi) is 4.94. The van der Waals surface area contributed by atoms with Gasteiger partial charge in [-0.25, -0.2) is 0 Å². The molecular weight excluding hydrogens is 258 g/mol.